The van der Waals surface area contributed by atoms with Crippen molar-refractivity contribution in [2.45, 2.75) is 25.1 Å². The van der Waals surface area contributed by atoms with Crippen molar-refractivity contribution >= 4 is 27.5 Å². The molecule has 106 valence electrons. The Morgan fingerprint density at radius 3 is 2.30 bits per heavy atom. The zero-order chi connectivity index (χ0) is 14.7. The van der Waals surface area contributed by atoms with Crippen molar-refractivity contribution in [3.05, 3.63) is 70.0 Å². The third-order valence-corrected chi connectivity index (χ3v) is 4.41. The highest BCUT2D eigenvalue weighted by Gasteiger charge is 2.15. The molecule has 1 unspecified atom stereocenters. The molecule has 0 nitrogen and oxygen atoms in total. The van der Waals surface area contributed by atoms with Gasteiger partial charge in [0, 0.05) is 10.6 Å². The van der Waals surface area contributed by atoms with Gasteiger partial charge in [0.2, 0.25) is 0 Å². The minimum absolute atomic E-state index is 0.159. The predicted molar refractivity (Wildman–Crippen MR) is 87.2 cm³/mol. The Bertz CT molecular complexity index is 578. The molecule has 0 aliphatic rings. The van der Waals surface area contributed by atoms with Gasteiger partial charge in [0.25, 0.3) is 0 Å². The van der Waals surface area contributed by atoms with Gasteiger partial charge in [0.1, 0.15) is 5.82 Å². The van der Waals surface area contributed by atoms with Crippen molar-refractivity contribution in [2.24, 2.45) is 5.92 Å². The molecule has 2 rings (SSSR count). The number of halogens is 3. The van der Waals surface area contributed by atoms with E-state index in [1.54, 1.807) is 12.1 Å². The lowest BCUT2D eigenvalue weighted by atomic mass is 9.99. The smallest absolute Gasteiger partial charge is 0.129 e. The summed E-state index contributed by atoms with van der Waals surface area (Å²) in [7, 11) is 0. The van der Waals surface area contributed by atoms with Crippen LogP contribution < -0.4 is 0 Å². The van der Waals surface area contributed by atoms with Crippen LogP contribution in [0.4, 0.5) is 4.39 Å². The predicted octanol–water partition coefficient (Wildman–Crippen LogP) is 6.16. The summed E-state index contributed by atoms with van der Waals surface area (Å²) in [5, 5.41) is 0.415. The van der Waals surface area contributed by atoms with Gasteiger partial charge in [-0.05, 0) is 35.6 Å². The number of hydrogen-bond acceptors (Lipinski definition) is 0. The highest BCUT2D eigenvalue weighted by molar-refractivity contribution is 9.09. The average Bonchev–Trinajstić information content (AvgIpc) is 2.38. The van der Waals surface area contributed by atoms with Crippen molar-refractivity contribution in [3.8, 4) is 0 Å². The van der Waals surface area contributed by atoms with Gasteiger partial charge in [-0.1, -0.05) is 71.7 Å². The summed E-state index contributed by atoms with van der Waals surface area (Å²) < 4.78 is 13.9. The van der Waals surface area contributed by atoms with Gasteiger partial charge in [-0.3, -0.25) is 0 Å². The van der Waals surface area contributed by atoms with Crippen LogP contribution in [-0.4, -0.2) is 0 Å². The summed E-state index contributed by atoms with van der Waals surface area (Å²) in [6.45, 7) is 4.40. The van der Waals surface area contributed by atoms with Crippen LogP contribution >= 0.6 is 27.5 Å². The number of rotatable bonds is 4. The van der Waals surface area contributed by atoms with Crippen LogP contribution in [0.2, 0.25) is 5.02 Å². The Labute approximate surface area is 133 Å². The molecule has 0 fully saturated rings. The molecule has 1 atom stereocenters. The highest BCUT2D eigenvalue weighted by Crippen LogP contribution is 2.33. The second-order valence-electron chi connectivity index (χ2n) is 5.37. The molecule has 2 aromatic rings. The summed E-state index contributed by atoms with van der Waals surface area (Å²) in [6, 6.07) is 13.1. The van der Waals surface area contributed by atoms with Crippen LogP contribution in [0.1, 0.15) is 35.4 Å². The van der Waals surface area contributed by atoms with E-state index < -0.39 is 0 Å². The zero-order valence-corrected chi connectivity index (χ0v) is 13.9. The lowest BCUT2D eigenvalue weighted by Crippen LogP contribution is -1.98. The van der Waals surface area contributed by atoms with Crippen molar-refractivity contribution in [1.29, 1.82) is 0 Å². The highest BCUT2D eigenvalue weighted by atomic mass is 79.9. The molecule has 0 spiro atoms. The fraction of sp³-hybridized carbons (Fsp3) is 0.294. The Morgan fingerprint density at radius 1 is 1.10 bits per heavy atom. The topological polar surface area (TPSA) is 0 Å². The summed E-state index contributed by atoms with van der Waals surface area (Å²) >= 11 is 9.34. The van der Waals surface area contributed by atoms with E-state index in [-0.39, 0.29) is 10.6 Å². The van der Waals surface area contributed by atoms with Crippen molar-refractivity contribution in [1.82, 2.24) is 0 Å². The van der Waals surface area contributed by atoms with E-state index in [0.717, 1.165) is 12.0 Å². The van der Waals surface area contributed by atoms with Crippen molar-refractivity contribution in [3.63, 3.8) is 0 Å². The Kier molecular flexibility index (Phi) is 5.22. The van der Waals surface area contributed by atoms with Crippen LogP contribution in [0.15, 0.2) is 42.5 Å². The van der Waals surface area contributed by atoms with Crippen LogP contribution in [0.5, 0.6) is 0 Å². The largest absolute Gasteiger partial charge is 0.207 e. The monoisotopic (exact) mass is 354 g/mol. The van der Waals surface area contributed by atoms with Crippen molar-refractivity contribution in [2.75, 3.05) is 0 Å². The molecule has 2 aromatic carbocycles. The maximum atomic E-state index is 13.9. The fourth-order valence-corrected chi connectivity index (χ4v) is 3.02. The molecule has 0 radical (unpaired) electrons. The van der Waals surface area contributed by atoms with Crippen LogP contribution in [-0.2, 0) is 6.42 Å². The molecule has 0 aromatic heterocycles. The fourth-order valence-electron chi connectivity index (χ4n) is 2.18. The molecule has 0 bridgehead atoms. The molecule has 0 saturated heterocycles. The second kappa shape index (κ2) is 6.73. The van der Waals surface area contributed by atoms with Gasteiger partial charge in [-0.15, -0.1) is 0 Å². The van der Waals surface area contributed by atoms with E-state index in [0.29, 0.717) is 16.5 Å². The van der Waals surface area contributed by atoms with Gasteiger partial charge in [-0.2, -0.15) is 0 Å². The Morgan fingerprint density at radius 2 is 1.75 bits per heavy atom. The zero-order valence-electron chi connectivity index (χ0n) is 11.5. The van der Waals surface area contributed by atoms with Gasteiger partial charge in [-0.25, -0.2) is 4.39 Å². The van der Waals surface area contributed by atoms with Crippen LogP contribution in [0, 0.1) is 11.7 Å². The number of benzene rings is 2. The lowest BCUT2D eigenvalue weighted by molar-refractivity contribution is 0.613. The number of hydrogen-bond donors (Lipinski definition) is 0. The quantitative estimate of drug-likeness (QED) is 0.576. The van der Waals surface area contributed by atoms with E-state index in [9.17, 15) is 4.39 Å². The Hall–Kier alpha value is -0.860. The van der Waals surface area contributed by atoms with Crippen LogP contribution in [0.25, 0.3) is 0 Å². The molecule has 0 saturated carbocycles. The second-order valence-corrected chi connectivity index (χ2v) is 6.72. The molecule has 20 heavy (non-hydrogen) atoms. The van der Waals surface area contributed by atoms with E-state index in [1.165, 1.54) is 11.6 Å². The SMILES string of the molecule is CC(C)Cc1ccc(C(Br)c2ccc(Cl)cc2F)cc1. The molecule has 0 N–H and O–H groups in total. The normalized spacial score (nSPS) is 12.7. The summed E-state index contributed by atoms with van der Waals surface area (Å²) in [6.07, 6.45) is 1.06. The van der Waals surface area contributed by atoms with Crippen LogP contribution in [0.3, 0.4) is 0 Å². The molecule has 0 aliphatic heterocycles. The van der Waals surface area contributed by atoms with E-state index in [2.05, 4.69) is 41.9 Å². The van der Waals surface area contributed by atoms with Gasteiger partial charge >= 0.3 is 0 Å². The van der Waals surface area contributed by atoms with Gasteiger partial charge in [0.05, 0.1) is 4.83 Å². The number of alkyl halides is 1. The molecule has 3 heteroatoms. The van der Waals surface area contributed by atoms with Gasteiger partial charge in [0.15, 0.2) is 0 Å². The van der Waals surface area contributed by atoms with E-state index >= 15 is 0 Å². The first-order chi connectivity index (χ1) is 9.47. The van der Waals surface area contributed by atoms with Gasteiger partial charge < -0.3 is 0 Å². The Balaban J connectivity index is 2.22. The summed E-state index contributed by atoms with van der Waals surface area (Å²) in [5.74, 6) is 0.347. The maximum absolute atomic E-state index is 13.9. The minimum Gasteiger partial charge on any atom is -0.207 e. The third-order valence-electron chi connectivity index (χ3n) is 3.15. The average molecular weight is 356 g/mol. The maximum Gasteiger partial charge on any atom is 0.129 e. The first kappa shape index (κ1) is 15.5. The summed E-state index contributed by atoms with van der Waals surface area (Å²) in [5.41, 5.74) is 2.95. The minimum atomic E-state index is -0.286. The third kappa shape index (κ3) is 3.83. The summed E-state index contributed by atoms with van der Waals surface area (Å²) in [4.78, 5) is -0.159. The first-order valence-corrected chi connectivity index (χ1v) is 7.94. The standard InChI is InChI=1S/C17H17BrClF/c1-11(2)9-12-3-5-13(6-4-12)17(18)15-8-7-14(19)10-16(15)20/h3-8,10-11,17H,9H2,1-2H3. The molecule has 0 heterocycles. The molecule has 0 aliphatic carbocycles. The van der Waals surface area contributed by atoms with Crippen molar-refractivity contribution < 1.29 is 4.39 Å². The lowest BCUT2D eigenvalue weighted by Gasteiger charge is -2.13. The molecular formula is C17H17BrClF. The molecule has 0 amide bonds. The van der Waals surface area contributed by atoms with E-state index in [1.807, 2.05) is 12.1 Å². The first-order valence-electron chi connectivity index (χ1n) is 6.65. The van der Waals surface area contributed by atoms with E-state index in [4.69, 9.17) is 11.6 Å². The molecular weight excluding hydrogens is 339 g/mol.